The standard InChI is InChI=1S/C13H9FN4O2S/c1-18-5-8(12(20)16-13-17-15-6-21-13)11(19)7-3-2-4-9(14)10(7)18/h2-6H,1H3,(H,16,17,20). The summed E-state index contributed by atoms with van der Waals surface area (Å²) in [5, 5.41) is 10.2. The van der Waals surface area contributed by atoms with Crippen LogP contribution in [-0.4, -0.2) is 20.7 Å². The van der Waals surface area contributed by atoms with Crippen molar-refractivity contribution in [1.29, 1.82) is 0 Å². The van der Waals surface area contributed by atoms with Crippen LogP contribution in [0.15, 0.2) is 34.7 Å². The Bertz CT molecular complexity index is 889. The zero-order valence-electron chi connectivity index (χ0n) is 10.8. The van der Waals surface area contributed by atoms with Gasteiger partial charge in [-0.1, -0.05) is 17.4 Å². The third-order valence-electron chi connectivity index (χ3n) is 2.98. The minimum atomic E-state index is -0.599. The fourth-order valence-electron chi connectivity index (χ4n) is 2.07. The Morgan fingerprint density at radius 3 is 2.95 bits per heavy atom. The van der Waals surface area contributed by atoms with Crippen molar-refractivity contribution in [2.24, 2.45) is 7.05 Å². The number of benzene rings is 1. The van der Waals surface area contributed by atoms with Gasteiger partial charge in [-0.3, -0.25) is 14.9 Å². The Hall–Kier alpha value is -2.61. The highest BCUT2D eigenvalue weighted by atomic mass is 32.1. The zero-order valence-corrected chi connectivity index (χ0v) is 11.6. The molecule has 2 heterocycles. The first kappa shape index (κ1) is 13.4. The van der Waals surface area contributed by atoms with Gasteiger partial charge < -0.3 is 4.57 Å². The number of fused-ring (bicyclic) bond motifs is 1. The van der Waals surface area contributed by atoms with E-state index in [1.165, 1.54) is 34.5 Å². The number of carbonyl (C=O) groups is 1. The van der Waals surface area contributed by atoms with E-state index in [-0.39, 0.29) is 16.5 Å². The van der Waals surface area contributed by atoms with Crippen LogP contribution in [0.5, 0.6) is 0 Å². The molecule has 8 heteroatoms. The molecule has 3 aromatic rings. The van der Waals surface area contributed by atoms with Crippen LogP contribution < -0.4 is 10.7 Å². The van der Waals surface area contributed by atoms with Crippen molar-refractivity contribution in [3.05, 3.63) is 51.5 Å². The molecule has 0 saturated carbocycles. The molecule has 1 N–H and O–H groups in total. The summed E-state index contributed by atoms with van der Waals surface area (Å²) in [5.74, 6) is -1.11. The van der Waals surface area contributed by atoms with E-state index in [4.69, 9.17) is 0 Å². The molecule has 1 aromatic carbocycles. The van der Waals surface area contributed by atoms with Gasteiger partial charge in [0.25, 0.3) is 5.91 Å². The van der Waals surface area contributed by atoms with Crippen LogP contribution in [0.2, 0.25) is 0 Å². The predicted molar refractivity (Wildman–Crippen MR) is 77.0 cm³/mol. The minimum absolute atomic E-state index is 0.0780. The number of pyridine rings is 1. The second kappa shape index (κ2) is 5.06. The van der Waals surface area contributed by atoms with Crippen LogP contribution in [-0.2, 0) is 7.05 Å². The number of nitrogens with zero attached hydrogens (tertiary/aromatic N) is 3. The van der Waals surface area contributed by atoms with Gasteiger partial charge in [0.1, 0.15) is 16.9 Å². The maximum atomic E-state index is 13.8. The Labute approximate surface area is 121 Å². The molecule has 0 radical (unpaired) electrons. The van der Waals surface area contributed by atoms with E-state index < -0.39 is 17.2 Å². The number of para-hydroxylation sites is 1. The fraction of sp³-hybridized carbons (Fsp3) is 0.0769. The highest BCUT2D eigenvalue weighted by Gasteiger charge is 2.17. The molecule has 2 aromatic heterocycles. The van der Waals surface area contributed by atoms with Gasteiger partial charge in [0.15, 0.2) is 0 Å². The van der Waals surface area contributed by atoms with Crippen LogP contribution in [0.3, 0.4) is 0 Å². The number of nitrogens with one attached hydrogen (secondary N) is 1. The Morgan fingerprint density at radius 1 is 1.43 bits per heavy atom. The monoisotopic (exact) mass is 304 g/mol. The summed E-state index contributed by atoms with van der Waals surface area (Å²) in [6.45, 7) is 0. The number of carbonyl (C=O) groups excluding carboxylic acids is 1. The topological polar surface area (TPSA) is 76.9 Å². The van der Waals surface area contributed by atoms with Crippen molar-refractivity contribution in [2.45, 2.75) is 0 Å². The third-order valence-corrected chi connectivity index (χ3v) is 3.58. The van der Waals surface area contributed by atoms with E-state index in [2.05, 4.69) is 15.5 Å². The Kier molecular flexibility index (Phi) is 3.22. The zero-order chi connectivity index (χ0) is 15.0. The van der Waals surface area contributed by atoms with E-state index in [0.717, 1.165) is 11.3 Å². The van der Waals surface area contributed by atoms with Gasteiger partial charge in [0, 0.05) is 18.6 Å². The van der Waals surface area contributed by atoms with Gasteiger partial charge in [0.05, 0.1) is 5.52 Å². The summed E-state index contributed by atoms with van der Waals surface area (Å²) in [6.07, 6.45) is 1.31. The minimum Gasteiger partial charge on any atom is -0.347 e. The molecule has 21 heavy (non-hydrogen) atoms. The van der Waals surface area contributed by atoms with Gasteiger partial charge in [0.2, 0.25) is 10.6 Å². The molecular formula is C13H9FN4O2S. The molecule has 0 aliphatic carbocycles. The maximum Gasteiger partial charge on any atom is 0.262 e. The molecule has 106 valence electrons. The molecule has 0 atom stereocenters. The van der Waals surface area contributed by atoms with E-state index in [0.29, 0.717) is 5.13 Å². The van der Waals surface area contributed by atoms with Gasteiger partial charge in [-0.05, 0) is 12.1 Å². The van der Waals surface area contributed by atoms with Crippen LogP contribution in [0.1, 0.15) is 10.4 Å². The van der Waals surface area contributed by atoms with Crippen molar-refractivity contribution in [2.75, 3.05) is 5.32 Å². The van der Waals surface area contributed by atoms with Gasteiger partial charge in [-0.25, -0.2) is 4.39 Å². The first-order valence-corrected chi connectivity index (χ1v) is 6.81. The highest BCUT2D eigenvalue weighted by molar-refractivity contribution is 7.13. The van der Waals surface area contributed by atoms with Crippen molar-refractivity contribution in [3.63, 3.8) is 0 Å². The molecule has 0 saturated heterocycles. The van der Waals surface area contributed by atoms with Gasteiger partial charge in [-0.2, -0.15) is 0 Å². The van der Waals surface area contributed by atoms with E-state index >= 15 is 0 Å². The number of halogens is 1. The number of hydrogen-bond donors (Lipinski definition) is 1. The van der Waals surface area contributed by atoms with Crippen LogP contribution >= 0.6 is 11.3 Å². The molecule has 6 nitrogen and oxygen atoms in total. The predicted octanol–water partition coefficient (Wildman–Crippen LogP) is 1.78. The lowest BCUT2D eigenvalue weighted by Gasteiger charge is -2.09. The molecule has 0 spiro atoms. The molecule has 0 unspecified atom stereocenters. The summed E-state index contributed by atoms with van der Waals surface area (Å²) in [6, 6.07) is 4.19. The number of rotatable bonds is 2. The van der Waals surface area contributed by atoms with Crippen molar-refractivity contribution < 1.29 is 9.18 Å². The van der Waals surface area contributed by atoms with Crippen LogP contribution in [0, 0.1) is 5.82 Å². The van der Waals surface area contributed by atoms with Crippen LogP contribution in [0.4, 0.5) is 9.52 Å². The number of anilines is 1. The molecule has 0 bridgehead atoms. The molecule has 3 rings (SSSR count). The summed E-state index contributed by atoms with van der Waals surface area (Å²) < 4.78 is 15.2. The fourth-order valence-corrected chi connectivity index (χ4v) is 2.51. The lowest BCUT2D eigenvalue weighted by atomic mass is 10.1. The first-order valence-electron chi connectivity index (χ1n) is 5.93. The second-order valence-corrected chi connectivity index (χ2v) is 5.15. The lowest BCUT2D eigenvalue weighted by molar-refractivity contribution is 0.102. The van der Waals surface area contributed by atoms with E-state index in [9.17, 15) is 14.0 Å². The average molecular weight is 304 g/mol. The Morgan fingerprint density at radius 2 is 2.24 bits per heavy atom. The van der Waals surface area contributed by atoms with Crippen molar-refractivity contribution in [3.8, 4) is 0 Å². The average Bonchev–Trinajstić information content (AvgIpc) is 2.95. The second-order valence-electron chi connectivity index (χ2n) is 4.32. The molecular weight excluding hydrogens is 295 g/mol. The quantitative estimate of drug-likeness (QED) is 0.783. The molecule has 1 amide bonds. The largest absolute Gasteiger partial charge is 0.347 e. The maximum absolute atomic E-state index is 13.8. The number of aromatic nitrogens is 3. The number of aryl methyl sites for hydroxylation is 1. The summed E-state index contributed by atoms with van der Waals surface area (Å²) >= 11 is 1.14. The first-order chi connectivity index (χ1) is 10.1. The molecule has 0 fully saturated rings. The third kappa shape index (κ3) is 2.29. The van der Waals surface area contributed by atoms with Crippen molar-refractivity contribution >= 4 is 33.3 Å². The smallest absolute Gasteiger partial charge is 0.262 e. The summed E-state index contributed by atoms with van der Waals surface area (Å²) in [7, 11) is 1.58. The van der Waals surface area contributed by atoms with Crippen LogP contribution in [0.25, 0.3) is 10.9 Å². The van der Waals surface area contributed by atoms with Crippen molar-refractivity contribution in [1.82, 2.24) is 14.8 Å². The number of amides is 1. The molecule has 0 aliphatic heterocycles. The van der Waals surface area contributed by atoms with Gasteiger partial charge >= 0.3 is 0 Å². The van der Waals surface area contributed by atoms with Gasteiger partial charge in [-0.15, -0.1) is 10.2 Å². The Balaban J connectivity index is 2.14. The normalized spacial score (nSPS) is 10.8. The highest BCUT2D eigenvalue weighted by Crippen LogP contribution is 2.16. The number of hydrogen-bond acceptors (Lipinski definition) is 5. The lowest BCUT2D eigenvalue weighted by Crippen LogP contribution is -2.23. The SMILES string of the molecule is Cn1cc(C(=O)Nc2nncs2)c(=O)c2cccc(F)c21. The summed E-state index contributed by atoms with van der Waals surface area (Å²) in [5.41, 5.74) is 1.02. The molecule has 0 aliphatic rings. The van der Waals surface area contributed by atoms with E-state index in [1.54, 1.807) is 7.05 Å². The van der Waals surface area contributed by atoms with E-state index in [1.807, 2.05) is 0 Å². The summed E-state index contributed by atoms with van der Waals surface area (Å²) in [4.78, 5) is 24.5.